The minimum Gasteiger partial charge on any atom is -0.476 e. The molecule has 2 aromatic rings. The number of benzene rings is 1. The molecule has 1 N–H and O–H groups in total. The van der Waals surface area contributed by atoms with Gasteiger partial charge in [-0.1, -0.05) is 18.0 Å². The first-order valence-corrected chi connectivity index (χ1v) is 8.33. The van der Waals surface area contributed by atoms with Crippen LogP contribution in [0.15, 0.2) is 18.2 Å². The van der Waals surface area contributed by atoms with E-state index in [1.54, 1.807) is 4.68 Å². The number of aromatic nitrogens is 2. The first kappa shape index (κ1) is 14.8. The van der Waals surface area contributed by atoms with Crippen molar-refractivity contribution in [3.63, 3.8) is 0 Å². The molecule has 1 aliphatic carbocycles. The zero-order valence-corrected chi connectivity index (χ0v) is 14.2. The molecule has 1 heterocycles. The van der Waals surface area contributed by atoms with Crippen LogP contribution in [0.1, 0.15) is 41.0 Å². The van der Waals surface area contributed by atoms with Crippen molar-refractivity contribution < 1.29 is 9.90 Å². The lowest BCUT2D eigenvalue weighted by Gasteiger charge is -2.09. The average molecular weight is 417 g/mol. The van der Waals surface area contributed by atoms with Crippen molar-refractivity contribution in [3.05, 3.63) is 43.7 Å². The van der Waals surface area contributed by atoms with Gasteiger partial charge >= 0.3 is 5.97 Å². The largest absolute Gasteiger partial charge is 0.476 e. The first-order chi connectivity index (χ1) is 10.1. The van der Waals surface area contributed by atoms with Gasteiger partial charge in [-0.05, 0) is 66.5 Å². The molecule has 0 fully saturated rings. The van der Waals surface area contributed by atoms with Crippen molar-refractivity contribution in [1.82, 2.24) is 9.78 Å². The molecule has 0 amide bonds. The summed E-state index contributed by atoms with van der Waals surface area (Å²) in [4.78, 5) is 11.5. The Kier molecular flexibility index (Phi) is 4.21. The van der Waals surface area contributed by atoms with E-state index in [4.69, 9.17) is 11.6 Å². The molecule has 6 heteroatoms. The summed E-state index contributed by atoms with van der Waals surface area (Å²) in [7, 11) is 0. The Labute approximate surface area is 141 Å². The molecule has 4 nitrogen and oxygen atoms in total. The molecule has 0 unspecified atom stereocenters. The Hall–Kier alpha value is -1.08. The van der Waals surface area contributed by atoms with Gasteiger partial charge in [-0.15, -0.1) is 0 Å². The summed E-state index contributed by atoms with van der Waals surface area (Å²) < 4.78 is 2.76. The molecule has 1 aromatic heterocycles. The fourth-order valence-corrected chi connectivity index (χ4v) is 3.74. The molecule has 0 radical (unpaired) electrons. The van der Waals surface area contributed by atoms with Crippen LogP contribution in [-0.2, 0) is 12.8 Å². The van der Waals surface area contributed by atoms with E-state index in [1.807, 2.05) is 18.2 Å². The lowest BCUT2D eigenvalue weighted by atomic mass is 10.1. The van der Waals surface area contributed by atoms with Gasteiger partial charge in [0.05, 0.1) is 10.7 Å². The van der Waals surface area contributed by atoms with Crippen LogP contribution in [0.3, 0.4) is 0 Å². The average Bonchev–Trinajstić information content (AvgIpc) is 2.63. The number of hydrogen-bond acceptors (Lipinski definition) is 2. The van der Waals surface area contributed by atoms with E-state index >= 15 is 0 Å². The zero-order valence-electron chi connectivity index (χ0n) is 11.3. The van der Waals surface area contributed by atoms with E-state index in [1.165, 1.54) is 0 Å². The Morgan fingerprint density at radius 1 is 1.29 bits per heavy atom. The summed E-state index contributed by atoms with van der Waals surface area (Å²) in [6, 6.07) is 5.71. The van der Waals surface area contributed by atoms with E-state index in [0.29, 0.717) is 5.02 Å². The van der Waals surface area contributed by atoms with Gasteiger partial charge in [-0.25, -0.2) is 9.48 Å². The Morgan fingerprint density at radius 2 is 2.05 bits per heavy atom. The maximum absolute atomic E-state index is 11.5. The summed E-state index contributed by atoms with van der Waals surface area (Å²) in [5.41, 5.74) is 2.78. The van der Waals surface area contributed by atoms with Crippen LogP contribution in [0, 0.1) is 3.57 Å². The smallest absolute Gasteiger partial charge is 0.356 e. The SMILES string of the molecule is O=C(O)c1nn(-c2ccc(I)cc2Cl)c2c1CCCCC2. The van der Waals surface area contributed by atoms with E-state index in [0.717, 1.165) is 52.6 Å². The zero-order chi connectivity index (χ0) is 15.0. The van der Waals surface area contributed by atoms with Gasteiger partial charge < -0.3 is 5.11 Å². The van der Waals surface area contributed by atoms with E-state index in [-0.39, 0.29) is 5.69 Å². The van der Waals surface area contributed by atoms with Gasteiger partial charge in [-0.2, -0.15) is 5.10 Å². The fraction of sp³-hybridized carbons (Fsp3) is 0.333. The van der Waals surface area contributed by atoms with Crippen LogP contribution in [0.25, 0.3) is 5.69 Å². The summed E-state index contributed by atoms with van der Waals surface area (Å²) >= 11 is 8.52. The molecule has 0 bridgehead atoms. The standard InChI is InChI=1S/C15H14ClIN2O2/c16-11-8-9(17)6-7-13(11)19-12-5-3-1-2-4-10(12)14(18-19)15(20)21/h6-8H,1-5H2,(H,20,21). The monoisotopic (exact) mass is 416 g/mol. The normalized spacial score (nSPS) is 14.6. The molecule has 110 valence electrons. The minimum absolute atomic E-state index is 0.168. The maximum atomic E-state index is 11.5. The number of carboxylic acid groups (broad SMARTS) is 1. The molecule has 0 saturated carbocycles. The molecule has 0 saturated heterocycles. The van der Waals surface area contributed by atoms with Crippen molar-refractivity contribution in [2.45, 2.75) is 32.1 Å². The van der Waals surface area contributed by atoms with Crippen LogP contribution in [-0.4, -0.2) is 20.9 Å². The highest BCUT2D eigenvalue weighted by molar-refractivity contribution is 14.1. The molecule has 0 aliphatic heterocycles. The molecule has 3 rings (SSSR count). The van der Waals surface area contributed by atoms with Crippen molar-refractivity contribution in [2.24, 2.45) is 0 Å². The molecular formula is C15H14ClIN2O2. The highest BCUT2D eigenvalue weighted by Crippen LogP contribution is 2.29. The van der Waals surface area contributed by atoms with Gasteiger partial charge in [0, 0.05) is 14.8 Å². The maximum Gasteiger partial charge on any atom is 0.356 e. The van der Waals surface area contributed by atoms with Gasteiger partial charge in [0.1, 0.15) is 0 Å². The van der Waals surface area contributed by atoms with Gasteiger partial charge in [0.2, 0.25) is 0 Å². The van der Waals surface area contributed by atoms with Crippen LogP contribution in [0.4, 0.5) is 0 Å². The van der Waals surface area contributed by atoms with Crippen LogP contribution >= 0.6 is 34.2 Å². The van der Waals surface area contributed by atoms with Crippen molar-refractivity contribution >= 4 is 40.2 Å². The number of rotatable bonds is 2. The summed E-state index contributed by atoms with van der Waals surface area (Å²) in [6.45, 7) is 0. The molecular weight excluding hydrogens is 403 g/mol. The van der Waals surface area contributed by atoms with Crippen molar-refractivity contribution in [2.75, 3.05) is 0 Å². The minimum atomic E-state index is -0.964. The Balaban J connectivity index is 2.20. The predicted octanol–water partition coefficient (Wildman–Crippen LogP) is 4.10. The Bertz CT molecular complexity index is 712. The molecule has 0 spiro atoms. The van der Waals surface area contributed by atoms with E-state index in [2.05, 4.69) is 27.7 Å². The quantitative estimate of drug-likeness (QED) is 0.592. The molecule has 1 aromatic carbocycles. The fourth-order valence-electron chi connectivity index (χ4n) is 2.80. The number of nitrogens with zero attached hydrogens (tertiary/aromatic N) is 2. The highest BCUT2D eigenvalue weighted by atomic mass is 127. The summed E-state index contributed by atoms with van der Waals surface area (Å²) in [6.07, 6.45) is 4.81. The first-order valence-electron chi connectivity index (χ1n) is 6.87. The third kappa shape index (κ3) is 2.81. The number of hydrogen-bond donors (Lipinski definition) is 1. The summed E-state index contributed by atoms with van der Waals surface area (Å²) in [5.74, 6) is -0.964. The molecule has 1 aliphatic rings. The highest BCUT2D eigenvalue weighted by Gasteiger charge is 2.25. The van der Waals surface area contributed by atoms with E-state index in [9.17, 15) is 9.90 Å². The number of fused-ring (bicyclic) bond motifs is 1. The number of carbonyl (C=O) groups is 1. The van der Waals surface area contributed by atoms with Crippen LogP contribution < -0.4 is 0 Å². The van der Waals surface area contributed by atoms with Gasteiger partial charge in [-0.3, -0.25) is 0 Å². The third-order valence-corrected chi connectivity index (χ3v) is 4.74. The topological polar surface area (TPSA) is 55.1 Å². The second-order valence-corrected chi connectivity index (χ2v) is 6.80. The second kappa shape index (κ2) is 5.96. The number of aromatic carboxylic acids is 1. The third-order valence-electron chi connectivity index (χ3n) is 3.77. The predicted molar refractivity (Wildman–Crippen MR) is 89.5 cm³/mol. The van der Waals surface area contributed by atoms with Crippen LogP contribution in [0.2, 0.25) is 5.02 Å². The van der Waals surface area contributed by atoms with Crippen LogP contribution in [0.5, 0.6) is 0 Å². The number of carboxylic acids is 1. The van der Waals surface area contributed by atoms with Crippen molar-refractivity contribution in [1.29, 1.82) is 0 Å². The summed E-state index contributed by atoms with van der Waals surface area (Å²) in [5, 5.41) is 14.3. The number of halogens is 2. The molecule has 21 heavy (non-hydrogen) atoms. The lowest BCUT2D eigenvalue weighted by Crippen LogP contribution is -2.05. The van der Waals surface area contributed by atoms with E-state index < -0.39 is 5.97 Å². The Morgan fingerprint density at radius 3 is 2.76 bits per heavy atom. The second-order valence-electron chi connectivity index (χ2n) is 5.15. The van der Waals surface area contributed by atoms with Gasteiger partial charge in [0.15, 0.2) is 5.69 Å². The van der Waals surface area contributed by atoms with Crippen molar-refractivity contribution in [3.8, 4) is 5.69 Å². The molecule has 0 atom stereocenters. The lowest BCUT2D eigenvalue weighted by molar-refractivity contribution is 0.0688. The van der Waals surface area contributed by atoms with Gasteiger partial charge in [0.25, 0.3) is 0 Å².